The van der Waals surface area contributed by atoms with Gasteiger partial charge in [-0.2, -0.15) is 0 Å². The van der Waals surface area contributed by atoms with Gasteiger partial charge in [-0.05, 0) is 46.1 Å². The second-order valence-electron chi connectivity index (χ2n) is 4.94. The lowest BCUT2D eigenvalue weighted by atomic mass is 10.1. The lowest BCUT2D eigenvalue weighted by Gasteiger charge is -2.08. The third-order valence-electron chi connectivity index (χ3n) is 3.29. The highest BCUT2D eigenvalue weighted by atomic mass is 79.9. The van der Waals surface area contributed by atoms with Crippen LogP contribution in [0.5, 0.6) is 5.75 Å². The number of halogens is 2. The molecule has 0 heterocycles. The monoisotopic (exact) mass is 396 g/mol. The Morgan fingerprint density at radius 2 is 2.08 bits per heavy atom. The number of amides is 1. The Kier molecular flexibility index (Phi) is 5.86. The molecule has 0 atom stereocenters. The fourth-order valence-electron chi connectivity index (χ4n) is 2.06. The van der Waals surface area contributed by atoms with Crippen LogP contribution in [0.3, 0.4) is 0 Å². The Morgan fingerprint density at radius 1 is 1.33 bits per heavy atom. The first-order valence-corrected chi connectivity index (χ1v) is 7.76. The molecule has 8 heteroatoms. The zero-order valence-corrected chi connectivity index (χ0v) is 14.3. The predicted octanol–water partition coefficient (Wildman–Crippen LogP) is 4.08. The van der Waals surface area contributed by atoms with Crippen LogP contribution in [0.4, 0.5) is 15.8 Å². The zero-order valence-electron chi connectivity index (χ0n) is 12.7. The van der Waals surface area contributed by atoms with Crippen LogP contribution in [-0.4, -0.2) is 17.9 Å². The maximum atomic E-state index is 13.6. The van der Waals surface area contributed by atoms with E-state index in [2.05, 4.69) is 21.2 Å². The molecule has 0 fully saturated rings. The molecule has 2 aromatic carbocycles. The van der Waals surface area contributed by atoms with Crippen LogP contribution >= 0.6 is 15.9 Å². The number of benzene rings is 2. The molecule has 2 rings (SSSR count). The van der Waals surface area contributed by atoms with Gasteiger partial charge in [-0.3, -0.25) is 14.9 Å². The van der Waals surface area contributed by atoms with Crippen LogP contribution in [0.2, 0.25) is 0 Å². The van der Waals surface area contributed by atoms with Crippen molar-refractivity contribution < 1.29 is 18.8 Å². The van der Waals surface area contributed by atoms with E-state index in [4.69, 9.17) is 4.74 Å². The number of carbonyl (C=O) groups is 1. The normalized spacial score (nSPS) is 10.3. The molecule has 0 aromatic heterocycles. The Labute approximate surface area is 145 Å². The van der Waals surface area contributed by atoms with E-state index in [1.54, 1.807) is 13.2 Å². The highest BCUT2D eigenvalue weighted by Crippen LogP contribution is 2.26. The van der Waals surface area contributed by atoms with E-state index < -0.39 is 16.6 Å². The third-order valence-corrected chi connectivity index (χ3v) is 3.91. The summed E-state index contributed by atoms with van der Waals surface area (Å²) in [7, 11) is 1.56. The van der Waals surface area contributed by atoms with Gasteiger partial charge in [-0.15, -0.1) is 0 Å². The molecule has 0 bridgehead atoms. The summed E-state index contributed by atoms with van der Waals surface area (Å²) in [5.74, 6) is -0.468. The number of ether oxygens (including phenoxy) is 1. The number of carbonyl (C=O) groups excluding carboxylic acids is 1. The molecule has 0 aliphatic heterocycles. The zero-order chi connectivity index (χ0) is 17.7. The van der Waals surface area contributed by atoms with Crippen LogP contribution in [0.25, 0.3) is 0 Å². The Hall–Kier alpha value is -2.48. The van der Waals surface area contributed by atoms with E-state index in [9.17, 15) is 19.3 Å². The SMILES string of the molecule is COc1ccc(CCC(=O)Nc2cc([N+](=O)[O-])ccc2F)cc1Br. The number of nitro benzene ring substituents is 1. The van der Waals surface area contributed by atoms with E-state index >= 15 is 0 Å². The fraction of sp³-hybridized carbons (Fsp3) is 0.188. The van der Waals surface area contributed by atoms with Gasteiger partial charge in [0.2, 0.25) is 5.91 Å². The Balaban J connectivity index is 2.00. The first-order chi connectivity index (χ1) is 11.4. The molecule has 0 aliphatic rings. The van der Waals surface area contributed by atoms with E-state index in [-0.39, 0.29) is 17.8 Å². The van der Waals surface area contributed by atoms with Crippen LogP contribution in [0.1, 0.15) is 12.0 Å². The van der Waals surface area contributed by atoms with Crippen LogP contribution in [0.15, 0.2) is 40.9 Å². The molecule has 0 saturated heterocycles. The van der Waals surface area contributed by atoms with Crippen LogP contribution < -0.4 is 10.1 Å². The van der Waals surface area contributed by atoms with Crippen molar-refractivity contribution in [2.45, 2.75) is 12.8 Å². The lowest BCUT2D eigenvalue weighted by molar-refractivity contribution is -0.384. The third kappa shape index (κ3) is 4.51. The Morgan fingerprint density at radius 3 is 2.71 bits per heavy atom. The van der Waals surface area contributed by atoms with Crippen molar-refractivity contribution in [1.82, 2.24) is 0 Å². The highest BCUT2D eigenvalue weighted by molar-refractivity contribution is 9.10. The second kappa shape index (κ2) is 7.87. The molecule has 0 aliphatic carbocycles. The summed E-state index contributed by atoms with van der Waals surface area (Å²) in [6.07, 6.45) is 0.547. The van der Waals surface area contributed by atoms with Gasteiger partial charge in [0.25, 0.3) is 5.69 Å². The van der Waals surface area contributed by atoms with Crippen molar-refractivity contribution in [1.29, 1.82) is 0 Å². The first-order valence-electron chi connectivity index (χ1n) is 6.97. The van der Waals surface area contributed by atoms with Crippen molar-refractivity contribution in [2.24, 2.45) is 0 Å². The van der Waals surface area contributed by atoms with Gasteiger partial charge >= 0.3 is 0 Å². The number of nitrogens with zero attached hydrogens (tertiary/aromatic N) is 1. The molecule has 0 radical (unpaired) electrons. The average Bonchev–Trinajstić information content (AvgIpc) is 2.55. The van der Waals surface area contributed by atoms with Crippen LogP contribution in [-0.2, 0) is 11.2 Å². The standard InChI is InChI=1S/C16H14BrFN2O4/c1-24-15-6-2-10(8-12(15)17)3-7-16(21)19-14-9-11(20(22)23)4-5-13(14)18/h2,4-6,8-9H,3,7H2,1H3,(H,19,21). The molecule has 1 amide bonds. The van der Waals surface area contributed by atoms with E-state index in [1.165, 1.54) is 0 Å². The van der Waals surface area contributed by atoms with E-state index in [0.29, 0.717) is 12.2 Å². The number of hydrogen-bond donors (Lipinski definition) is 1. The molecular weight excluding hydrogens is 383 g/mol. The summed E-state index contributed by atoms with van der Waals surface area (Å²) in [5, 5.41) is 13.1. The van der Waals surface area contributed by atoms with E-state index in [0.717, 1.165) is 28.2 Å². The number of hydrogen-bond acceptors (Lipinski definition) is 4. The maximum Gasteiger partial charge on any atom is 0.271 e. The lowest BCUT2D eigenvalue weighted by Crippen LogP contribution is -2.13. The first kappa shape index (κ1) is 17.9. The number of methoxy groups -OCH3 is 1. The number of aryl methyl sites for hydroxylation is 1. The van der Waals surface area contributed by atoms with Gasteiger partial charge in [0.1, 0.15) is 11.6 Å². The molecule has 0 unspecified atom stereocenters. The minimum atomic E-state index is -0.721. The molecule has 0 saturated carbocycles. The van der Waals surface area contributed by atoms with Gasteiger partial charge in [0, 0.05) is 18.6 Å². The largest absolute Gasteiger partial charge is 0.496 e. The summed E-state index contributed by atoms with van der Waals surface area (Å²) in [6.45, 7) is 0. The van der Waals surface area contributed by atoms with Crippen molar-refractivity contribution >= 4 is 33.2 Å². The smallest absolute Gasteiger partial charge is 0.271 e. The summed E-state index contributed by atoms with van der Waals surface area (Å²) in [4.78, 5) is 22.0. The van der Waals surface area contributed by atoms with Crippen LogP contribution in [0, 0.1) is 15.9 Å². The predicted molar refractivity (Wildman–Crippen MR) is 90.7 cm³/mol. The van der Waals surface area contributed by atoms with Crippen molar-refractivity contribution in [3.63, 3.8) is 0 Å². The second-order valence-corrected chi connectivity index (χ2v) is 5.79. The summed E-state index contributed by atoms with van der Waals surface area (Å²) >= 11 is 3.36. The summed E-state index contributed by atoms with van der Waals surface area (Å²) in [6, 6.07) is 8.42. The minimum Gasteiger partial charge on any atom is -0.496 e. The van der Waals surface area contributed by atoms with Crippen molar-refractivity contribution in [3.05, 3.63) is 62.4 Å². The molecular formula is C16H14BrFN2O4. The van der Waals surface area contributed by atoms with Crippen molar-refractivity contribution in [3.8, 4) is 5.75 Å². The average molecular weight is 397 g/mol. The number of non-ortho nitro benzene ring substituents is 1. The molecule has 0 spiro atoms. The fourth-order valence-corrected chi connectivity index (χ4v) is 2.65. The van der Waals surface area contributed by atoms with Gasteiger partial charge < -0.3 is 10.1 Å². The number of nitro groups is 1. The summed E-state index contributed by atoms with van der Waals surface area (Å²) in [5.41, 5.74) is 0.410. The number of anilines is 1. The molecule has 2 aromatic rings. The number of rotatable bonds is 6. The molecule has 126 valence electrons. The topological polar surface area (TPSA) is 81.5 Å². The molecule has 24 heavy (non-hydrogen) atoms. The van der Waals surface area contributed by atoms with E-state index in [1.807, 2.05) is 12.1 Å². The number of nitrogens with one attached hydrogen (secondary N) is 1. The van der Waals surface area contributed by atoms with Gasteiger partial charge in [0.15, 0.2) is 0 Å². The minimum absolute atomic E-state index is 0.112. The van der Waals surface area contributed by atoms with Gasteiger partial charge in [-0.25, -0.2) is 4.39 Å². The van der Waals surface area contributed by atoms with Gasteiger partial charge in [0.05, 0.1) is 22.2 Å². The maximum absolute atomic E-state index is 13.6. The quantitative estimate of drug-likeness (QED) is 0.589. The molecule has 1 N–H and O–H groups in total. The molecule has 6 nitrogen and oxygen atoms in total. The summed E-state index contributed by atoms with van der Waals surface area (Å²) < 4.78 is 19.5. The van der Waals surface area contributed by atoms with Gasteiger partial charge in [-0.1, -0.05) is 6.07 Å². The van der Waals surface area contributed by atoms with Crippen molar-refractivity contribution in [2.75, 3.05) is 12.4 Å². The Bertz CT molecular complexity index is 783. The highest BCUT2D eigenvalue weighted by Gasteiger charge is 2.13.